The lowest BCUT2D eigenvalue weighted by atomic mass is 9.99. The van der Waals surface area contributed by atoms with Crippen LogP contribution in [0.15, 0.2) is 24.3 Å². The van der Waals surface area contributed by atoms with Crippen LogP contribution < -0.4 is 10.9 Å². The van der Waals surface area contributed by atoms with Gasteiger partial charge >= 0.3 is 0 Å². The third-order valence-corrected chi connectivity index (χ3v) is 5.29. The van der Waals surface area contributed by atoms with Crippen molar-refractivity contribution in [1.29, 1.82) is 0 Å². The number of nitrogens with zero attached hydrogens (tertiary/aromatic N) is 2. The molecule has 1 aromatic carbocycles. The van der Waals surface area contributed by atoms with Gasteiger partial charge in [0.2, 0.25) is 5.91 Å². The van der Waals surface area contributed by atoms with Crippen molar-refractivity contribution in [2.45, 2.75) is 45.3 Å². The highest BCUT2D eigenvalue weighted by atomic mass is 35.5. The molecule has 0 saturated carbocycles. The topological polar surface area (TPSA) is 47.6 Å². The summed E-state index contributed by atoms with van der Waals surface area (Å²) in [5.74, 6) is 0.884. The van der Waals surface area contributed by atoms with E-state index < -0.39 is 0 Å². The summed E-state index contributed by atoms with van der Waals surface area (Å²) in [6, 6.07) is 8.34. The second kappa shape index (κ2) is 8.49. The molecule has 2 aliphatic heterocycles. The normalized spacial score (nSPS) is 24.9. The zero-order chi connectivity index (χ0) is 17.8. The molecule has 25 heavy (non-hydrogen) atoms. The number of hydrogen-bond donors (Lipinski definition) is 2. The van der Waals surface area contributed by atoms with E-state index in [9.17, 15) is 4.79 Å². The van der Waals surface area contributed by atoms with Crippen LogP contribution >= 0.6 is 11.6 Å². The molecule has 0 bridgehead atoms. The van der Waals surface area contributed by atoms with E-state index in [0.29, 0.717) is 12.0 Å². The lowest BCUT2D eigenvalue weighted by molar-refractivity contribution is -0.135. The van der Waals surface area contributed by atoms with E-state index in [1.54, 1.807) is 0 Å². The van der Waals surface area contributed by atoms with E-state index in [0.717, 1.165) is 50.6 Å². The Morgan fingerprint density at radius 1 is 1.16 bits per heavy atom. The Kier molecular flexibility index (Phi) is 6.34. The highest BCUT2D eigenvalue weighted by molar-refractivity contribution is 6.30. The van der Waals surface area contributed by atoms with Gasteiger partial charge in [-0.1, -0.05) is 37.6 Å². The van der Waals surface area contributed by atoms with Gasteiger partial charge in [-0.15, -0.1) is 0 Å². The number of hydrogen-bond acceptors (Lipinski definition) is 4. The zero-order valence-corrected chi connectivity index (χ0v) is 15.9. The fourth-order valence-electron chi connectivity index (χ4n) is 3.70. The lowest BCUT2D eigenvalue weighted by Gasteiger charge is -2.35. The van der Waals surface area contributed by atoms with E-state index in [1.807, 2.05) is 17.0 Å². The Balaban J connectivity index is 1.44. The van der Waals surface area contributed by atoms with Crippen LogP contribution in [0.4, 0.5) is 0 Å². The van der Waals surface area contributed by atoms with Crippen LogP contribution in [-0.2, 0) is 11.3 Å². The summed E-state index contributed by atoms with van der Waals surface area (Å²) in [6.45, 7) is 8.80. The maximum absolute atomic E-state index is 12.7. The molecule has 0 aromatic heterocycles. The van der Waals surface area contributed by atoms with Gasteiger partial charge in [0.05, 0.1) is 0 Å². The number of piperazine rings is 1. The van der Waals surface area contributed by atoms with Crippen molar-refractivity contribution in [1.82, 2.24) is 20.7 Å². The van der Waals surface area contributed by atoms with Gasteiger partial charge in [-0.25, -0.2) is 5.43 Å². The van der Waals surface area contributed by atoms with Gasteiger partial charge in [0.25, 0.3) is 0 Å². The van der Waals surface area contributed by atoms with E-state index in [2.05, 4.69) is 41.7 Å². The summed E-state index contributed by atoms with van der Waals surface area (Å²) in [5.41, 5.74) is 7.75. The first kappa shape index (κ1) is 18.6. The minimum Gasteiger partial charge on any atom is -0.339 e. The molecule has 1 amide bonds. The van der Waals surface area contributed by atoms with Crippen LogP contribution in [0.25, 0.3) is 0 Å². The number of carbonyl (C=O) groups is 1. The van der Waals surface area contributed by atoms with E-state index in [4.69, 9.17) is 11.6 Å². The van der Waals surface area contributed by atoms with Gasteiger partial charge in [0, 0.05) is 43.8 Å². The molecule has 2 N–H and O–H groups in total. The van der Waals surface area contributed by atoms with Crippen LogP contribution in [0.1, 0.15) is 32.3 Å². The van der Waals surface area contributed by atoms with E-state index >= 15 is 0 Å². The molecule has 138 valence electrons. The molecule has 2 saturated heterocycles. The Morgan fingerprint density at radius 2 is 1.84 bits per heavy atom. The second-order valence-corrected chi connectivity index (χ2v) is 8.07. The SMILES string of the molecule is CC(C)CC1CC(C(=O)N2CCN(Cc3ccc(Cl)cc3)CC2)NN1. The first-order valence-electron chi connectivity index (χ1n) is 9.28. The molecule has 1 aromatic rings. The molecule has 0 spiro atoms. The fourth-order valence-corrected chi connectivity index (χ4v) is 3.83. The van der Waals surface area contributed by atoms with Crippen LogP contribution in [0, 0.1) is 5.92 Å². The molecule has 2 unspecified atom stereocenters. The van der Waals surface area contributed by atoms with Crippen molar-refractivity contribution < 1.29 is 4.79 Å². The maximum atomic E-state index is 12.7. The molecule has 3 rings (SSSR count). The van der Waals surface area contributed by atoms with Crippen LogP contribution in [0.2, 0.25) is 5.02 Å². The van der Waals surface area contributed by atoms with Crippen molar-refractivity contribution >= 4 is 17.5 Å². The molecule has 0 radical (unpaired) electrons. The van der Waals surface area contributed by atoms with Crippen molar-refractivity contribution in [2.24, 2.45) is 5.92 Å². The average Bonchev–Trinajstić information content (AvgIpc) is 3.05. The highest BCUT2D eigenvalue weighted by Gasteiger charge is 2.33. The molecular formula is C19H29ClN4O. The summed E-state index contributed by atoms with van der Waals surface area (Å²) in [6.07, 6.45) is 1.99. The third kappa shape index (κ3) is 5.17. The first-order chi connectivity index (χ1) is 12.0. The fraction of sp³-hybridized carbons (Fsp3) is 0.632. The average molecular weight is 365 g/mol. The molecule has 2 aliphatic rings. The largest absolute Gasteiger partial charge is 0.339 e. The predicted molar refractivity (Wildman–Crippen MR) is 101 cm³/mol. The minimum atomic E-state index is -0.0773. The summed E-state index contributed by atoms with van der Waals surface area (Å²) in [4.78, 5) is 17.1. The Hall–Kier alpha value is -1.14. The molecule has 0 aliphatic carbocycles. The van der Waals surface area contributed by atoms with Crippen molar-refractivity contribution in [3.05, 3.63) is 34.9 Å². The van der Waals surface area contributed by atoms with Gasteiger partial charge in [-0.3, -0.25) is 15.1 Å². The van der Waals surface area contributed by atoms with Crippen LogP contribution in [0.5, 0.6) is 0 Å². The number of nitrogens with one attached hydrogen (secondary N) is 2. The molecule has 2 heterocycles. The number of hydrazine groups is 1. The summed E-state index contributed by atoms with van der Waals surface area (Å²) < 4.78 is 0. The maximum Gasteiger partial charge on any atom is 0.241 e. The van der Waals surface area contributed by atoms with Crippen LogP contribution in [-0.4, -0.2) is 54.0 Å². The number of carbonyl (C=O) groups excluding carboxylic acids is 1. The highest BCUT2D eigenvalue weighted by Crippen LogP contribution is 2.17. The van der Waals surface area contributed by atoms with Crippen molar-refractivity contribution in [3.8, 4) is 0 Å². The standard InChI is InChI=1S/C19H29ClN4O/c1-14(2)11-17-12-18(22-21-17)19(25)24-9-7-23(8-10-24)13-15-3-5-16(20)6-4-15/h3-6,14,17-18,21-22H,7-13H2,1-2H3. The second-order valence-electron chi connectivity index (χ2n) is 7.63. The van der Waals surface area contributed by atoms with Crippen LogP contribution in [0.3, 0.4) is 0 Å². The molecular weight excluding hydrogens is 336 g/mol. The van der Waals surface area contributed by atoms with Crippen molar-refractivity contribution in [2.75, 3.05) is 26.2 Å². The molecule has 6 heteroatoms. The molecule has 2 atom stereocenters. The van der Waals surface area contributed by atoms with Gasteiger partial charge in [-0.05, 0) is 36.5 Å². The van der Waals surface area contributed by atoms with Gasteiger partial charge in [0.15, 0.2) is 0 Å². The minimum absolute atomic E-state index is 0.0773. The summed E-state index contributed by atoms with van der Waals surface area (Å²) in [7, 11) is 0. The lowest BCUT2D eigenvalue weighted by Crippen LogP contribution is -2.53. The Morgan fingerprint density at radius 3 is 2.48 bits per heavy atom. The quantitative estimate of drug-likeness (QED) is 0.841. The van der Waals surface area contributed by atoms with Gasteiger partial charge in [-0.2, -0.15) is 0 Å². The predicted octanol–water partition coefficient (Wildman–Crippen LogP) is 2.27. The third-order valence-electron chi connectivity index (χ3n) is 5.04. The molecule has 5 nitrogen and oxygen atoms in total. The monoisotopic (exact) mass is 364 g/mol. The zero-order valence-electron chi connectivity index (χ0n) is 15.2. The smallest absolute Gasteiger partial charge is 0.241 e. The number of halogens is 1. The Labute approximate surface area is 155 Å². The summed E-state index contributed by atoms with van der Waals surface area (Å²) >= 11 is 5.94. The van der Waals surface area contributed by atoms with Gasteiger partial charge in [0.1, 0.15) is 6.04 Å². The number of amides is 1. The van der Waals surface area contributed by atoms with E-state index in [-0.39, 0.29) is 11.9 Å². The summed E-state index contributed by atoms with van der Waals surface area (Å²) in [5, 5.41) is 0.771. The molecule has 2 fully saturated rings. The van der Waals surface area contributed by atoms with E-state index in [1.165, 1.54) is 5.56 Å². The number of rotatable bonds is 5. The van der Waals surface area contributed by atoms with Crippen molar-refractivity contribution in [3.63, 3.8) is 0 Å². The van der Waals surface area contributed by atoms with Gasteiger partial charge < -0.3 is 4.90 Å². The number of benzene rings is 1. The Bertz CT molecular complexity index is 569. The first-order valence-corrected chi connectivity index (χ1v) is 9.65.